The summed E-state index contributed by atoms with van der Waals surface area (Å²) >= 11 is 0. The van der Waals surface area contributed by atoms with Gasteiger partial charge in [0.2, 0.25) is 0 Å². The molecule has 0 N–H and O–H groups in total. The molecule has 0 fully saturated rings. The van der Waals surface area contributed by atoms with Gasteiger partial charge >= 0.3 is 0 Å². The van der Waals surface area contributed by atoms with Crippen LogP contribution >= 0.6 is 0 Å². The van der Waals surface area contributed by atoms with Gasteiger partial charge in [-0.15, -0.1) is 0 Å². The third-order valence-electron chi connectivity index (χ3n) is 9.05. The highest BCUT2D eigenvalue weighted by atomic mass is 16.3. The van der Waals surface area contributed by atoms with Crippen LogP contribution in [0.4, 0.5) is 0 Å². The van der Waals surface area contributed by atoms with E-state index in [0.717, 1.165) is 61.1 Å². The Morgan fingerprint density at radius 3 is 1.57 bits per heavy atom. The first-order valence-corrected chi connectivity index (χ1v) is 16.0. The van der Waals surface area contributed by atoms with Crippen molar-refractivity contribution in [2.75, 3.05) is 0 Å². The Hall–Kier alpha value is -6.25. The smallest absolute Gasteiger partial charge is 0.136 e. The first-order chi connectivity index (χ1) is 23.3. The van der Waals surface area contributed by atoms with Crippen molar-refractivity contribution in [1.82, 2.24) is 4.98 Å². The maximum Gasteiger partial charge on any atom is 0.136 e. The average molecular weight is 600 g/mol. The summed E-state index contributed by atoms with van der Waals surface area (Å²) in [6.07, 6.45) is 0. The fraction of sp³-hybridized carbons (Fsp3) is 0. The quantitative estimate of drug-likeness (QED) is 0.197. The molecule has 0 spiro atoms. The molecule has 220 valence electrons. The molecule has 9 rings (SSSR count). The topological polar surface area (TPSA) is 26.0 Å². The lowest BCUT2D eigenvalue weighted by molar-refractivity contribution is 0.669. The van der Waals surface area contributed by atoms with E-state index in [0.29, 0.717) is 0 Å². The van der Waals surface area contributed by atoms with Crippen LogP contribution < -0.4 is 0 Å². The summed E-state index contributed by atoms with van der Waals surface area (Å²) in [5.74, 6) is 0. The molecule has 0 amide bonds. The summed E-state index contributed by atoms with van der Waals surface area (Å²) in [5, 5.41) is 4.61. The molecule has 0 aliphatic heterocycles. The Kier molecular flexibility index (Phi) is 6.50. The lowest BCUT2D eigenvalue weighted by Crippen LogP contribution is -1.91. The van der Waals surface area contributed by atoms with E-state index in [9.17, 15) is 0 Å². The Bertz CT molecular complexity index is 2490. The largest absolute Gasteiger partial charge is 0.456 e. The molecule has 0 unspecified atom stereocenters. The number of benzene rings is 7. The van der Waals surface area contributed by atoms with Crippen molar-refractivity contribution in [2.24, 2.45) is 0 Å². The van der Waals surface area contributed by atoms with E-state index < -0.39 is 0 Å². The van der Waals surface area contributed by atoms with Gasteiger partial charge in [-0.3, -0.25) is 0 Å². The lowest BCUT2D eigenvalue weighted by atomic mass is 9.95. The van der Waals surface area contributed by atoms with Crippen LogP contribution in [0.3, 0.4) is 0 Å². The van der Waals surface area contributed by atoms with Gasteiger partial charge in [0.25, 0.3) is 0 Å². The summed E-state index contributed by atoms with van der Waals surface area (Å²) in [4.78, 5) is 5.24. The zero-order valence-corrected chi connectivity index (χ0v) is 25.6. The fourth-order valence-electron chi connectivity index (χ4n) is 6.68. The van der Waals surface area contributed by atoms with Crippen molar-refractivity contribution in [3.8, 4) is 55.9 Å². The van der Waals surface area contributed by atoms with Crippen molar-refractivity contribution in [2.45, 2.75) is 0 Å². The van der Waals surface area contributed by atoms with E-state index in [2.05, 4.69) is 170 Å². The van der Waals surface area contributed by atoms with Gasteiger partial charge in [-0.05, 0) is 86.6 Å². The molecule has 0 radical (unpaired) electrons. The number of rotatable bonds is 5. The van der Waals surface area contributed by atoms with E-state index in [-0.39, 0.29) is 0 Å². The van der Waals surface area contributed by atoms with Crippen LogP contribution in [-0.2, 0) is 0 Å². The number of pyridine rings is 1. The minimum Gasteiger partial charge on any atom is -0.456 e. The molecule has 2 heterocycles. The highest BCUT2D eigenvalue weighted by molar-refractivity contribution is 6.13. The van der Waals surface area contributed by atoms with E-state index in [4.69, 9.17) is 9.40 Å². The molecular formula is C45H29NO. The predicted octanol–water partition coefficient (Wildman–Crippen LogP) is 12.5. The number of furan rings is 1. The molecule has 0 saturated carbocycles. The number of nitrogens with zero attached hydrogens (tertiary/aromatic N) is 1. The molecule has 0 aliphatic carbocycles. The van der Waals surface area contributed by atoms with Crippen LogP contribution in [0.25, 0.3) is 88.6 Å². The summed E-state index contributed by atoms with van der Waals surface area (Å²) in [7, 11) is 0. The third-order valence-corrected chi connectivity index (χ3v) is 9.05. The molecule has 7 aromatic carbocycles. The van der Waals surface area contributed by atoms with Gasteiger partial charge in [0.15, 0.2) is 0 Å². The maximum atomic E-state index is 6.43. The molecule has 9 aromatic rings. The van der Waals surface area contributed by atoms with Crippen molar-refractivity contribution in [3.63, 3.8) is 0 Å². The molecule has 2 nitrogen and oxygen atoms in total. The fourth-order valence-corrected chi connectivity index (χ4v) is 6.68. The summed E-state index contributed by atoms with van der Waals surface area (Å²) in [6.45, 7) is 0. The Balaban J connectivity index is 1.19. The molecular weight excluding hydrogens is 571 g/mol. The minimum absolute atomic E-state index is 0.856. The number of fused-ring (bicyclic) bond motifs is 4. The average Bonchev–Trinajstić information content (AvgIpc) is 3.53. The van der Waals surface area contributed by atoms with Gasteiger partial charge in [0.05, 0.1) is 11.4 Å². The van der Waals surface area contributed by atoms with Gasteiger partial charge < -0.3 is 4.42 Å². The van der Waals surface area contributed by atoms with Crippen molar-refractivity contribution in [1.29, 1.82) is 0 Å². The summed E-state index contributed by atoms with van der Waals surface area (Å²) in [5.41, 5.74) is 12.8. The summed E-state index contributed by atoms with van der Waals surface area (Å²) < 4.78 is 6.43. The monoisotopic (exact) mass is 599 g/mol. The van der Waals surface area contributed by atoms with Gasteiger partial charge in [-0.25, -0.2) is 4.98 Å². The normalized spacial score (nSPS) is 11.4. The van der Waals surface area contributed by atoms with E-state index in [1.807, 2.05) is 6.07 Å². The molecule has 0 aliphatic rings. The van der Waals surface area contributed by atoms with Crippen LogP contribution in [0.5, 0.6) is 0 Å². The SMILES string of the molecule is c1ccc(-c2cc(-c3ccccc3)nc(-c3cccc4oc5ccc(-c6ccc7cc(-c8ccccc8)ccc7c6)cc5c34)c2)cc1. The third kappa shape index (κ3) is 4.97. The molecule has 2 heteroatoms. The van der Waals surface area contributed by atoms with Gasteiger partial charge in [0.1, 0.15) is 11.2 Å². The van der Waals surface area contributed by atoms with Crippen molar-refractivity contribution < 1.29 is 4.42 Å². The second-order valence-electron chi connectivity index (χ2n) is 12.0. The molecule has 0 atom stereocenters. The van der Waals surface area contributed by atoms with Crippen LogP contribution in [0, 0.1) is 0 Å². The summed E-state index contributed by atoms with van der Waals surface area (Å²) in [6, 6.07) is 62.1. The van der Waals surface area contributed by atoms with Gasteiger partial charge in [-0.1, -0.05) is 133 Å². The highest BCUT2D eigenvalue weighted by Crippen LogP contribution is 2.40. The van der Waals surface area contributed by atoms with Crippen LogP contribution in [0.1, 0.15) is 0 Å². The van der Waals surface area contributed by atoms with Crippen molar-refractivity contribution in [3.05, 3.63) is 176 Å². The molecule has 47 heavy (non-hydrogen) atoms. The van der Waals surface area contributed by atoms with E-state index in [1.54, 1.807) is 0 Å². The number of aromatic nitrogens is 1. The second kappa shape index (κ2) is 11.3. The number of hydrogen-bond donors (Lipinski definition) is 0. The highest BCUT2D eigenvalue weighted by Gasteiger charge is 2.17. The first kappa shape index (κ1) is 27.1. The lowest BCUT2D eigenvalue weighted by Gasteiger charge is -2.11. The van der Waals surface area contributed by atoms with Crippen LogP contribution in [0.15, 0.2) is 180 Å². The second-order valence-corrected chi connectivity index (χ2v) is 12.0. The molecule has 2 aromatic heterocycles. The van der Waals surface area contributed by atoms with Crippen LogP contribution in [-0.4, -0.2) is 4.98 Å². The van der Waals surface area contributed by atoms with Gasteiger partial charge in [-0.2, -0.15) is 0 Å². The number of hydrogen-bond acceptors (Lipinski definition) is 2. The maximum absolute atomic E-state index is 6.43. The van der Waals surface area contributed by atoms with E-state index >= 15 is 0 Å². The Labute approximate surface area is 273 Å². The first-order valence-electron chi connectivity index (χ1n) is 16.0. The predicted molar refractivity (Wildman–Crippen MR) is 196 cm³/mol. The zero-order chi connectivity index (χ0) is 31.2. The Morgan fingerprint density at radius 1 is 0.340 bits per heavy atom. The molecule has 0 bridgehead atoms. The van der Waals surface area contributed by atoms with Crippen molar-refractivity contribution >= 4 is 32.7 Å². The van der Waals surface area contributed by atoms with E-state index in [1.165, 1.54) is 27.5 Å². The van der Waals surface area contributed by atoms with Gasteiger partial charge in [0, 0.05) is 21.9 Å². The molecule has 0 saturated heterocycles. The standard InChI is InChI=1S/C45H29NO/c1-4-11-30(12-5-1)33-19-20-35-26-36(22-21-34(35)25-33)37-23-24-43-40(27-37)45-39(17-10-18-44(45)47-43)42-29-38(31-13-6-2-7-14-31)28-41(46-42)32-15-8-3-9-16-32/h1-29H. The van der Waals surface area contributed by atoms with Crippen LogP contribution in [0.2, 0.25) is 0 Å². The minimum atomic E-state index is 0.856. The Morgan fingerprint density at radius 2 is 0.894 bits per heavy atom. The zero-order valence-electron chi connectivity index (χ0n) is 25.6.